The third kappa shape index (κ3) is 11.9. The lowest BCUT2D eigenvalue weighted by Crippen LogP contribution is -2.34. The molecule has 0 aromatic heterocycles. The van der Waals surface area contributed by atoms with E-state index in [-0.39, 0.29) is 11.8 Å². The minimum atomic E-state index is -0.00343. The zero-order chi connectivity index (χ0) is 35.6. The maximum absolute atomic E-state index is 13.3. The Morgan fingerprint density at radius 3 is 1.96 bits per heavy atom. The van der Waals surface area contributed by atoms with Crippen molar-refractivity contribution < 1.29 is 28.5 Å². The van der Waals surface area contributed by atoms with E-state index in [1.54, 1.807) is 28.4 Å². The van der Waals surface area contributed by atoms with E-state index in [1.165, 1.54) is 11.1 Å². The number of carbonyl (C=O) groups is 2. The molecule has 8 heteroatoms. The quantitative estimate of drug-likeness (QED) is 0.0951. The maximum Gasteiger partial charge on any atom is 0.222 e. The highest BCUT2D eigenvalue weighted by Crippen LogP contribution is 2.35. The van der Waals surface area contributed by atoms with Gasteiger partial charge in [0.15, 0.2) is 11.5 Å². The van der Waals surface area contributed by atoms with Crippen molar-refractivity contribution in [3.63, 3.8) is 0 Å². The van der Waals surface area contributed by atoms with Crippen molar-refractivity contribution in [2.24, 2.45) is 0 Å². The minimum Gasteiger partial charge on any atom is -0.497 e. The Bertz CT molecular complexity index is 1620. The fourth-order valence-corrected chi connectivity index (χ4v) is 6.11. The van der Waals surface area contributed by atoms with Crippen molar-refractivity contribution in [3.8, 4) is 23.0 Å². The lowest BCUT2D eigenvalue weighted by molar-refractivity contribution is -0.131. The largest absolute Gasteiger partial charge is 0.497 e. The van der Waals surface area contributed by atoms with Crippen LogP contribution in [0.25, 0.3) is 0 Å². The van der Waals surface area contributed by atoms with Crippen molar-refractivity contribution in [2.45, 2.75) is 57.8 Å². The molecule has 4 aromatic rings. The SMILES string of the molecule is COc1ccc(CCN(CCc2ccccc2)C(=O)CCCCC(=O)NCCc2ccc(OC)c(OC)c2CCc2cccc(OC)c2)cc1. The molecule has 0 spiro atoms. The van der Waals surface area contributed by atoms with Crippen LogP contribution in [0.1, 0.15) is 53.5 Å². The van der Waals surface area contributed by atoms with Gasteiger partial charge in [-0.15, -0.1) is 0 Å². The number of ether oxygens (including phenoxy) is 4. The summed E-state index contributed by atoms with van der Waals surface area (Å²) in [5, 5.41) is 3.08. The summed E-state index contributed by atoms with van der Waals surface area (Å²) >= 11 is 0. The molecule has 4 aromatic carbocycles. The predicted molar refractivity (Wildman–Crippen MR) is 199 cm³/mol. The number of nitrogens with zero attached hydrogens (tertiary/aromatic N) is 1. The topological polar surface area (TPSA) is 86.3 Å². The van der Waals surface area contributed by atoms with Crippen LogP contribution in [0.4, 0.5) is 0 Å². The lowest BCUT2D eigenvalue weighted by Gasteiger charge is -2.23. The van der Waals surface area contributed by atoms with Crippen LogP contribution in [-0.2, 0) is 41.7 Å². The van der Waals surface area contributed by atoms with Crippen LogP contribution in [0.15, 0.2) is 91.0 Å². The van der Waals surface area contributed by atoms with Crippen molar-refractivity contribution in [1.82, 2.24) is 10.2 Å². The molecular formula is C42H52N2O6. The molecule has 0 aliphatic rings. The number of unbranched alkanes of at least 4 members (excludes halogenated alkanes) is 1. The van der Waals surface area contributed by atoms with Gasteiger partial charge < -0.3 is 29.2 Å². The molecule has 0 saturated carbocycles. The summed E-state index contributed by atoms with van der Waals surface area (Å²) < 4.78 is 22.0. The zero-order valence-electron chi connectivity index (χ0n) is 30.0. The van der Waals surface area contributed by atoms with Crippen LogP contribution in [0.2, 0.25) is 0 Å². The second kappa shape index (κ2) is 20.5. The van der Waals surface area contributed by atoms with Crippen molar-refractivity contribution in [1.29, 1.82) is 0 Å². The standard InChI is InChI=1S/C42H52N2O6/c1-47-36-21-17-33(18-22-36)27-30-44(29-26-32-11-6-5-7-12-32)41(46)16-9-8-15-40(45)43-28-25-35-20-24-39(49-3)42(50-4)38(35)23-19-34-13-10-14-37(31-34)48-2/h5-7,10-14,17-18,20-22,24,31H,8-9,15-16,19,23,25-30H2,1-4H3,(H,43,45). The second-order valence-corrected chi connectivity index (χ2v) is 12.3. The lowest BCUT2D eigenvalue weighted by atomic mass is 9.96. The highest BCUT2D eigenvalue weighted by molar-refractivity contribution is 5.77. The molecule has 0 aliphatic heterocycles. The first-order valence-electron chi connectivity index (χ1n) is 17.5. The third-order valence-electron chi connectivity index (χ3n) is 9.00. The number of rotatable bonds is 21. The zero-order valence-corrected chi connectivity index (χ0v) is 30.0. The van der Waals surface area contributed by atoms with E-state index in [0.29, 0.717) is 57.5 Å². The van der Waals surface area contributed by atoms with Crippen molar-refractivity contribution >= 4 is 11.8 Å². The molecule has 50 heavy (non-hydrogen) atoms. The van der Waals surface area contributed by atoms with E-state index in [1.807, 2.05) is 71.6 Å². The molecule has 2 amide bonds. The normalized spacial score (nSPS) is 10.7. The first-order valence-corrected chi connectivity index (χ1v) is 17.5. The van der Waals surface area contributed by atoms with Crippen LogP contribution < -0.4 is 24.3 Å². The Morgan fingerprint density at radius 2 is 1.28 bits per heavy atom. The van der Waals surface area contributed by atoms with E-state index in [2.05, 4.69) is 29.6 Å². The van der Waals surface area contributed by atoms with E-state index in [0.717, 1.165) is 59.6 Å². The fraction of sp³-hybridized carbons (Fsp3) is 0.381. The van der Waals surface area contributed by atoms with Gasteiger partial charge in [-0.2, -0.15) is 0 Å². The van der Waals surface area contributed by atoms with Crippen LogP contribution in [0, 0.1) is 0 Å². The van der Waals surface area contributed by atoms with Gasteiger partial charge in [0, 0.05) is 38.0 Å². The molecule has 0 radical (unpaired) electrons. The minimum absolute atomic E-state index is 0.00343. The van der Waals surface area contributed by atoms with Gasteiger partial charge in [0.2, 0.25) is 11.8 Å². The van der Waals surface area contributed by atoms with Gasteiger partial charge >= 0.3 is 0 Å². The molecule has 266 valence electrons. The number of hydrogen-bond acceptors (Lipinski definition) is 6. The summed E-state index contributed by atoms with van der Waals surface area (Å²) in [5.41, 5.74) is 5.73. The molecule has 0 aliphatic carbocycles. The third-order valence-corrected chi connectivity index (χ3v) is 9.00. The average Bonchev–Trinajstić information content (AvgIpc) is 3.16. The molecule has 0 saturated heterocycles. The van der Waals surface area contributed by atoms with Gasteiger partial charge in [-0.05, 0) is 97.5 Å². The number of benzene rings is 4. The summed E-state index contributed by atoms with van der Waals surface area (Å²) in [6.07, 6.45) is 5.95. The van der Waals surface area contributed by atoms with E-state index >= 15 is 0 Å². The number of nitrogens with one attached hydrogen (secondary N) is 1. The molecule has 0 atom stereocenters. The summed E-state index contributed by atoms with van der Waals surface area (Å²) in [4.78, 5) is 28.1. The summed E-state index contributed by atoms with van der Waals surface area (Å²) in [7, 11) is 6.63. The molecule has 4 rings (SSSR count). The van der Waals surface area contributed by atoms with E-state index < -0.39 is 0 Å². The Balaban J connectivity index is 1.25. The number of hydrogen-bond donors (Lipinski definition) is 1. The maximum atomic E-state index is 13.3. The first-order chi connectivity index (χ1) is 24.4. The monoisotopic (exact) mass is 680 g/mol. The van der Waals surface area contributed by atoms with Crippen LogP contribution in [-0.4, -0.2) is 64.8 Å². The van der Waals surface area contributed by atoms with Gasteiger partial charge in [-0.25, -0.2) is 0 Å². The van der Waals surface area contributed by atoms with Crippen LogP contribution >= 0.6 is 0 Å². The molecule has 8 nitrogen and oxygen atoms in total. The molecule has 0 fully saturated rings. The number of carbonyl (C=O) groups excluding carboxylic acids is 2. The molecule has 1 N–H and O–H groups in total. The van der Waals surface area contributed by atoms with Crippen LogP contribution in [0.3, 0.4) is 0 Å². The number of methoxy groups -OCH3 is 4. The van der Waals surface area contributed by atoms with E-state index in [9.17, 15) is 9.59 Å². The van der Waals surface area contributed by atoms with Crippen molar-refractivity contribution in [3.05, 3.63) is 119 Å². The average molecular weight is 681 g/mol. The fourth-order valence-electron chi connectivity index (χ4n) is 6.11. The molecule has 0 heterocycles. The van der Waals surface area contributed by atoms with E-state index in [4.69, 9.17) is 18.9 Å². The Labute approximate surface area is 297 Å². The highest BCUT2D eigenvalue weighted by Gasteiger charge is 2.17. The predicted octanol–water partition coefficient (Wildman–Crippen LogP) is 7.04. The van der Waals surface area contributed by atoms with Gasteiger partial charge in [-0.1, -0.05) is 60.7 Å². The van der Waals surface area contributed by atoms with Gasteiger partial charge in [0.1, 0.15) is 11.5 Å². The summed E-state index contributed by atoms with van der Waals surface area (Å²) in [5.74, 6) is 3.19. The Morgan fingerprint density at radius 1 is 0.600 bits per heavy atom. The molecule has 0 unspecified atom stereocenters. The Hall–Kier alpha value is -4.98. The molecular weight excluding hydrogens is 628 g/mol. The summed E-state index contributed by atoms with van der Waals surface area (Å²) in [6, 6.07) is 30.3. The Kier molecular flexibility index (Phi) is 15.5. The summed E-state index contributed by atoms with van der Waals surface area (Å²) in [6.45, 7) is 1.82. The smallest absolute Gasteiger partial charge is 0.222 e. The van der Waals surface area contributed by atoms with Gasteiger partial charge in [0.05, 0.1) is 28.4 Å². The highest BCUT2D eigenvalue weighted by atomic mass is 16.5. The number of aryl methyl sites for hydroxylation is 1. The first kappa shape index (κ1) is 37.8. The van der Waals surface area contributed by atoms with Crippen molar-refractivity contribution in [2.75, 3.05) is 48.1 Å². The van der Waals surface area contributed by atoms with Crippen LogP contribution in [0.5, 0.6) is 23.0 Å². The van der Waals surface area contributed by atoms with Gasteiger partial charge in [0.25, 0.3) is 0 Å². The second-order valence-electron chi connectivity index (χ2n) is 12.3. The molecule has 0 bridgehead atoms. The number of amides is 2. The van der Waals surface area contributed by atoms with Gasteiger partial charge in [-0.3, -0.25) is 9.59 Å².